The third-order valence-electron chi connectivity index (χ3n) is 20.2. The second-order valence-electron chi connectivity index (χ2n) is 22.7. The third kappa shape index (κ3) is 4.52. The molecule has 3 N–H and O–H groups in total. The predicted octanol–water partition coefficient (Wildman–Crippen LogP) is 8.71. The van der Waals surface area contributed by atoms with Crippen molar-refractivity contribution < 1.29 is 24.2 Å². The molecule has 8 nitrogen and oxygen atoms in total. The molecule has 8 heteroatoms. The normalized spacial score (nSPS) is 46.0. The highest BCUT2D eigenvalue weighted by Gasteiger charge is 2.94. The van der Waals surface area contributed by atoms with Gasteiger partial charge in [-0.05, 0) is 148 Å². The van der Waals surface area contributed by atoms with E-state index in [1.165, 1.54) is 48.0 Å². The lowest BCUT2D eigenvalue weighted by molar-refractivity contribution is -0.282. The Hall–Kier alpha value is -4.14. The van der Waals surface area contributed by atoms with Crippen molar-refractivity contribution in [3.8, 4) is 0 Å². The Labute approximate surface area is 372 Å². The largest absolute Gasteiger partial charge is 0.509 e. The highest BCUT2D eigenvalue weighted by Crippen LogP contribution is 2.88. The van der Waals surface area contributed by atoms with Gasteiger partial charge in [0, 0.05) is 67.2 Å². The van der Waals surface area contributed by atoms with Crippen LogP contribution in [0.3, 0.4) is 0 Å². The molecule has 0 amide bonds. The van der Waals surface area contributed by atoms with Crippen LogP contribution >= 0.6 is 0 Å². The van der Waals surface area contributed by atoms with Gasteiger partial charge in [-0.25, -0.2) is 4.79 Å². The molecule has 4 fully saturated rings. The molecule has 15 atom stereocenters. The van der Waals surface area contributed by atoms with E-state index in [9.17, 15) is 9.90 Å². The number of carbonyl (C=O) groups excluding carboxylic acids is 2. The van der Waals surface area contributed by atoms with Crippen LogP contribution in [0.15, 0.2) is 88.6 Å². The molecule has 328 valence electrons. The molecule has 0 radical (unpaired) electrons. The van der Waals surface area contributed by atoms with E-state index in [0.29, 0.717) is 73.3 Å². The molecular weight excluding hydrogens is 783 g/mol. The second-order valence-corrected chi connectivity index (χ2v) is 22.7. The van der Waals surface area contributed by atoms with Gasteiger partial charge in [0.05, 0.1) is 11.0 Å². The van der Waals surface area contributed by atoms with Gasteiger partial charge in [-0.1, -0.05) is 72.7 Å². The van der Waals surface area contributed by atoms with Gasteiger partial charge in [-0.3, -0.25) is 9.69 Å². The lowest BCUT2D eigenvalue weighted by Crippen LogP contribution is -2.78. The fourth-order valence-corrected chi connectivity index (χ4v) is 18.3. The van der Waals surface area contributed by atoms with Crippen LogP contribution in [0.25, 0.3) is 0 Å². The third-order valence-corrected chi connectivity index (χ3v) is 20.2. The summed E-state index contributed by atoms with van der Waals surface area (Å²) in [4.78, 5) is 36.8. The molecule has 2 aromatic rings. The number of aryl methyl sites for hydroxylation is 2. The molecule has 17 rings (SSSR count). The van der Waals surface area contributed by atoms with Crippen LogP contribution in [0.4, 0.5) is 0 Å². The standard InChI is InChI=1S/C55H63N3O5/c1-29-20-36-14-16-42-37-23-34-26-57(28-37)30(2)21-43(59)50-53-18-17-39-47(49(36)58(42)27-34)45(29)40-24-33-7-3-6-31(22-33)11-12-32-13-15-38(40)48(39)54(53,52(61)62-50)44(25-32)55(53)41-10-4-8-35(9-5-19-56)46(41)51(60)63-55/h3-4,6-8,10,13,15,22,29-30,32,34,37-38,40,42,44-45,47,59H,5,9,11-12,14,16-21,23-28,56H2,1-2H3/b15-13-,50-43+/t29-,30+,32-,34+,37-,38+,40+,42+,44+,45-,47+,53-,54-,55-/m1/s1. The minimum Gasteiger partial charge on any atom is -0.509 e. The molecular formula is C55H63N3O5. The van der Waals surface area contributed by atoms with Crippen molar-refractivity contribution in [1.29, 1.82) is 0 Å². The number of nitrogens with zero attached hydrogens (tertiary/aromatic N) is 2. The molecule has 0 aromatic heterocycles. The highest BCUT2D eigenvalue weighted by molar-refractivity contribution is 6.00. The summed E-state index contributed by atoms with van der Waals surface area (Å²) in [7, 11) is 0. The summed E-state index contributed by atoms with van der Waals surface area (Å²) in [5, 5.41) is 13.0. The Bertz CT molecular complexity index is 2540. The Morgan fingerprint density at radius 2 is 1.81 bits per heavy atom. The van der Waals surface area contributed by atoms with E-state index < -0.39 is 16.4 Å². The van der Waals surface area contributed by atoms with Gasteiger partial charge in [0.1, 0.15) is 11.2 Å². The summed E-state index contributed by atoms with van der Waals surface area (Å²) in [6, 6.07) is 16.4. The SMILES string of the molecule is C[C@@H]1CC2=C3[C@H]4C5=C6[C@H]7/C=C\[C@@H](CCc8cccc(c8)C[C@@H]7[C@H]41)C[C@H]1[C@]64C(=O)O/C(=C(/O)C[C@H](C)N6C[C@@H]7C[C@H](C6)[C@H](CC2)N3C7)[C@@]4(CC5)[C@]12OC(=O)c1c(CCCN)cccc12. The maximum Gasteiger partial charge on any atom is 0.339 e. The smallest absolute Gasteiger partial charge is 0.339 e. The zero-order chi connectivity index (χ0) is 42.3. The maximum absolute atomic E-state index is 16.2. The van der Waals surface area contributed by atoms with E-state index in [1.807, 2.05) is 0 Å². The number of ether oxygens (including phenoxy) is 2. The van der Waals surface area contributed by atoms with Crippen LogP contribution in [0.2, 0.25) is 0 Å². The number of piperidine rings is 2. The van der Waals surface area contributed by atoms with Crippen LogP contribution in [0, 0.1) is 64.1 Å². The van der Waals surface area contributed by atoms with Gasteiger partial charge in [0.15, 0.2) is 11.4 Å². The Morgan fingerprint density at radius 3 is 2.70 bits per heavy atom. The zero-order valence-electron chi connectivity index (χ0n) is 37.1. The summed E-state index contributed by atoms with van der Waals surface area (Å²) in [6.45, 7) is 8.54. The molecule has 6 aliphatic carbocycles. The van der Waals surface area contributed by atoms with Gasteiger partial charge >= 0.3 is 11.9 Å². The molecule has 3 saturated heterocycles. The number of esters is 2. The van der Waals surface area contributed by atoms with Gasteiger partial charge in [-0.2, -0.15) is 0 Å². The first-order valence-corrected chi connectivity index (χ1v) is 25.1. The van der Waals surface area contributed by atoms with Gasteiger partial charge < -0.3 is 25.2 Å². The van der Waals surface area contributed by atoms with Crippen molar-refractivity contribution in [2.45, 2.75) is 115 Å². The number of carbonyl (C=O) groups is 2. The van der Waals surface area contributed by atoms with Crippen molar-refractivity contribution in [3.05, 3.63) is 116 Å². The van der Waals surface area contributed by atoms with E-state index in [2.05, 4.69) is 78.3 Å². The first-order valence-electron chi connectivity index (χ1n) is 25.1. The van der Waals surface area contributed by atoms with Crippen molar-refractivity contribution >= 4 is 11.9 Å². The quantitative estimate of drug-likeness (QED) is 0.234. The van der Waals surface area contributed by atoms with Crippen LogP contribution in [0.1, 0.15) is 111 Å². The van der Waals surface area contributed by atoms with Crippen LogP contribution < -0.4 is 5.73 Å². The number of aliphatic hydroxyl groups excluding tert-OH is 1. The molecule has 3 spiro atoms. The number of aliphatic hydroxyl groups is 1. The summed E-state index contributed by atoms with van der Waals surface area (Å²) in [5.41, 5.74) is 14.2. The fourth-order valence-electron chi connectivity index (χ4n) is 18.3. The summed E-state index contributed by atoms with van der Waals surface area (Å²) in [6.07, 6.45) is 16.8. The fraction of sp³-hybridized carbons (Fsp3) is 0.600. The summed E-state index contributed by atoms with van der Waals surface area (Å²) >= 11 is 0. The van der Waals surface area contributed by atoms with Gasteiger partial charge in [-0.15, -0.1) is 0 Å². The van der Waals surface area contributed by atoms with Crippen LogP contribution in [-0.4, -0.2) is 65.1 Å². The van der Waals surface area contributed by atoms with Gasteiger partial charge in [0.25, 0.3) is 0 Å². The maximum atomic E-state index is 16.2. The first-order chi connectivity index (χ1) is 30.7. The van der Waals surface area contributed by atoms with Crippen LogP contribution in [-0.2, 0) is 39.1 Å². The number of nitrogens with two attached hydrogens (primary N) is 1. The van der Waals surface area contributed by atoms with E-state index >= 15 is 4.79 Å². The van der Waals surface area contributed by atoms with E-state index in [-0.39, 0.29) is 53.3 Å². The Kier molecular flexibility index (Phi) is 7.89. The molecule has 2 aromatic carbocycles. The molecule has 1 unspecified atom stereocenters. The van der Waals surface area contributed by atoms with Gasteiger partial charge in [0.2, 0.25) is 0 Å². The number of fused-ring (bicyclic) bond motifs is 7. The molecule has 1 saturated carbocycles. The minimum atomic E-state index is -1.16. The lowest BCUT2D eigenvalue weighted by atomic mass is 9.27. The van der Waals surface area contributed by atoms with Crippen molar-refractivity contribution in [1.82, 2.24) is 9.80 Å². The van der Waals surface area contributed by atoms with Crippen molar-refractivity contribution in [2.75, 3.05) is 26.2 Å². The predicted molar refractivity (Wildman–Crippen MR) is 239 cm³/mol. The number of hydrogen-bond donors (Lipinski definition) is 2. The molecule has 15 aliphatic rings. The number of benzene rings is 2. The molecule has 63 heavy (non-hydrogen) atoms. The van der Waals surface area contributed by atoms with Crippen LogP contribution in [0.5, 0.6) is 0 Å². The number of allylic oxidation sites excluding steroid dienone is 4. The second kappa shape index (κ2) is 13.0. The zero-order valence-corrected chi connectivity index (χ0v) is 37.1. The van der Waals surface area contributed by atoms with E-state index in [1.54, 1.807) is 11.3 Å². The molecule has 9 aliphatic heterocycles. The van der Waals surface area contributed by atoms with E-state index in [0.717, 1.165) is 62.9 Å². The average Bonchev–Trinajstić information content (AvgIpc) is 3.72. The Balaban J connectivity index is 1.10. The molecule has 16 bridgehead atoms. The molecule has 9 heterocycles. The van der Waals surface area contributed by atoms with Crippen molar-refractivity contribution in [2.24, 2.45) is 69.8 Å². The average molecular weight is 846 g/mol. The van der Waals surface area contributed by atoms with E-state index in [4.69, 9.17) is 15.2 Å². The number of hydrogen-bond acceptors (Lipinski definition) is 8. The van der Waals surface area contributed by atoms with Crippen molar-refractivity contribution in [3.63, 3.8) is 0 Å². The lowest BCUT2D eigenvalue weighted by Gasteiger charge is -2.73. The first kappa shape index (κ1) is 38.2. The summed E-state index contributed by atoms with van der Waals surface area (Å²) < 4.78 is 14.2. The topological polar surface area (TPSA) is 105 Å². The summed E-state index contributed by atoms with van der Waals surface area (Å²) in [5.74, 6) is 2.56. The minimum absolute atomic E-state index is 0.0264. The highest BCUT2D eigenvalue weighted by atomic mass is 16.6. The number of rotatable bonds is 3. The Morgan fingerprint density at radius 1 is 0.937 bits per heavy atom. The monoisotopic (exact) mass is 845 g/mol.